The number of hydrogen-bond acceptors (Lipinski definition) is 11. The van der Waals surface area contributed by atoms with Crippen LogP contribution in [-0.2, 0) is 22.7 Å². The van der Waals surface area contributed by atoms with Crippen molar-refractivity contribution in [3.63, 3.8) is 0 Å². The molecule has 6 rings (SSSR count). The molecule has 4 aromatic rings. The smallest absolute Gasteiger partial charge is 0.262 e. The van der Waals surface area contributed by atoms with Crippen molar-refractivity contribution < 1.29 is 38.0 Å². The van der Waals surface area contributed by atoms with Crippen molar-refractivity contribution in [2.45, 2.75) is 31.1 Å². The van der Waals surface area contributed by atoms with E-state index >= 15 is 0 Å². The second kappa shape index (κ2) is 13.3. The van der Waals surface area contributed by atoms with E-state index in [9.17, 15) is 14.4 Å². The molecule has 0 spiro atoms. The van der Waals surface area contributed by atoms with Crippen LogP contribution in [-0.4, -0.2) is 54.9 Å². The summed E-state index contributed by atoms with van der Waals surface area (Å²) >= 11 is 1.11. The van der Waals surface area contributed by atoms with E-state index in [-0.39, 0.29) is 49.7 Å². The summed E-state index contributed by atoms with van der Waals surface area (Å²) in [5.74, 6) is 2.79. The summed E-state index contributed by atoms with van der Waals surface area (Å²) in [4.78, 5) is 44.0. The highest BCUT2D eigenvalue weighted by molar-refractivity contribution is 7.99. The average Bonchev–Trinajstić information content (AvgIpc) is 3.72. The van der Waals surface area contributed by atoms with Gasteiger partial charge >= 0.3 is 0 Å². The maximum atomic E-state index is 13.7. The van der Waals surface area contributed by atoms with E-state index in [1.54, 1.807) is 37.4 Å². The van der Waals surface area contributed by atoms with Crippen molar-refractivity contribution in [1.82, 2.24) is 14.9 Å². The van der Waals surface area contributed by atoms with Crippen molar-refractivity contribution in [2.75, 3.05) is 38.9 Å². The van der Waals surface area contributed by atoms with Gasteiger partial charge in [-0.1, -0.05) is 17.8 Å². The van der Waals surface area contributed by atoms with Gasteiger partial charge < -0.3 is 39.1 Å². The summed E-state index contributed by atoms with van der Waals surface area (Å²) in [5.41, 5.74) is 1.47. The predicted molar refractivity (Wildman–Crippen MR) is 165 cm³/mol. The van der Waals surface area contributed by atoms with Gasteiger partial charge in [-0.25, -0.2) is 4.98 Å². The standard InChI is InChI=1S/C31H30N4O9S/c1-39-19-6-7-21(24(11-19)40-2)33-29(37)15-45-31-34-22-13-27-26(43-17-44-27)12-20(22)30(38)35(31)9-3-4-28(36)32-14-18-5-8-23-25(10-18)42-16-41-23/h5-8,10-13H,3-4,9,14-17H2,1-2H3,(H,32,36)(H,33,37). The number of nitrogens with one attached hydrogen (secondary N) is 2. The van der Waals surface area contributed by atoms with Crippen molar-refractivity contribution in [3.05, 3.63) is 64.4 Å². The number of rotatable bonds is 12. The summed E-state index contributed by atoms with van der Waals surface area (Å²) in [6.07, 6.45) is 0.547. The molecule has 0 fully saturated rings. The second-order valence-electron chi connectivity index (χ2n) is 10.0. The summed E-state index contributed by atoms with van der Waals surface area (Å²) in [6, 6.07) is 13.8. The highest BCUT2D eigenvalue weighted by Gasteiger charge is 2.20. The predicted octanol–water partition coefficient (Wildman–Crippen LogP) is 3.70. The van der Waals surface area contributed by atoms with Gasteiger partial charge in [-0.3, -0.25) is 19.0 Å². The SMILES string of the molecule is COc1ccc(NC(=O)CSc2nc3cc4c(cc3c(=O)n2CCCC(=O)NCc2ccc3c(c2)OCO3)OCO4)c(OC)c1. The van der Waals surface area contributed by atoms with Gasteiger partial charge in [-0.15, -0.1) is 0 Å². The third-order valence-electron chi connectivity index (χ3n) is 7.14. The minimum atomic E-state index is -0.321. The molecule has 0 aliphatic carbocycles. The van der Waals surface area contributed by atoms with Crippen LogP contribution in [0.15, 0.2) is 58.5 Å². The molecule has 0 bridgehead atoms. The number of thioether (sulfide) groups is 1. The number of fused-ring (bicyclic) bond motifs is 3. The molecule has 0 unspecified atom stereocenters. The summed E-state index contributed by atoms with van der Waals surface area (Å²) < 4.78 is 33.7. The Morgan fingerprint density at radius 2 is 1.67 bits per heavy atom. The van der Waals surface area contributed by atoms with Gasteiger partial charge in [-0.05, 0) is 42.3 Å². The molecular formula is C31H30N4O9S. The van der Waals surface area contributed by atoms with Crippen LogP contribution in [0.3, 0.4) is 0 Å². The van der Waals surface area contributed by atoms with Crippen LogP contribution >= 0.6 is 11.8 Å². The van der Waals surface area contributed by atoms with Gasteiger partial charge in [-0.2, -0.15) is 0 Å². The fourth-order valence-corrected chi connectivity index (χ4v) is 5.68. The quantitative estimate of drug-likeness (QED) is 0.174. The molecule has 2 N–H and O–H groups in total. The minimum Gasteiger partial charge on any atom is -0.497 e. The number of carbonyl (C=O) groups is 2. The topological polar surface area (TPSA) is 148 Å². The Bertz CT molecular complexity index is 1830. The molecule has 0 atom stereocenters. The first kappa shape index (κ1) is 29.9. The molecule has 0 radical (unpaired) electrons. The van der Waals surface area contributed by atoms with Gasteiger partial charge in [0.25, 0.3) is 5.56 Å². The zero-order chi connectivity index (χ0) is 31.3. The lowest BCUT2D eigenvalue weighted by Gasteiger charge is -2.14. The lowest BCUT2D eigenvalue weighted by atomic mass is 10.2. The Morgan fingerprint density at radius 3 is 2.44 bits per heavy atom. The van der Waals surface area contributed by atoms with Crippen molar-refractivity contribution in [3.8, 4) is 34.5 Å². The Kier molecular flexibility index (Phi) is 8.82. The summed E-state index contributed by atoms with van der Waals surface area (Å²) in [6.45, 7) is 0.775. The van der Waals surface area contributed by atoms with Crippen LogP contribution < -0.4 is 44.6 Å². The zero-order valence-corrected chi connectivity index (χ0v) is 25.4. The molecular weight excluding hydrogens is 604 g/mol. The average molecular weight is 635 g/mol. The first-order valence-electron chi connectivity index (χ1n) is 14.1. The molecule has 2 amide bonds. The molecule has 0 saturated heterocycles. The molecule has 45 heavy (non-hydrogen) atoms. The van der Waals surface area contributed by atoms with Gasteiger partial charge in [0.2, 0.25) is 25.4 Å². The normalized spacial score (nSPS) is 12.7. The second-order valence-corrected chi connectivity index (χ2v) is 11.0. The van der Waals surface area contributed by atoms with Gasteiger partial charge in [0, 0.05) is 31.6 Å². The number of ether oxygens (including phenoxy) is 6. The van der Waals surface area contributed by atoms with Crippen LogP contribution in [0.25, 0.3) is 10.9 Å². The van der Waals surface area contributed by atoms with Gasteiger partial charge in [0.15, 0.2) is 28.2 Å². The molecule has 14 heteroatoms. The van der Waals surface area contributed by atoms with Crippen LogP contribution in [0.4, 0.5) is 5.69 Å². The first-order chi connectivity index (χ1) is 21.9. The molecule has 234 valence electrons. The molecule has 13 nitrogen and oxygen atoms in total. The summed E-state index contributed by atoms with van der Waals surface area (Å²) in [5, 5.41) is 6.41. The fourth-order valence-electron chi connectivity index (χ4n) is 4.85. The fraction of sp³-hybridized carbons (Fsp3) is 0.290. The Balaban J connectivity index is 1.14. The van der Waals surface area contributed by atoms with E-state index < -0.39 is 0 Å². The van der Waals surface area contributed by atoms with Crippen molar-refractivity contribution >= 4 is 40.2 Å². The maximum Gasteiger partial charge on any atom is 0.262 e. The molecule has 2 aliphatic rings. The molecule has 2 aliphatic heterocycles. The lowest BCUT2D eigenvalue weighted by molar-refractivity contribution is -0.121. The van der Waals surface area contributed by atoms with E-state index in [1.807, 2.05) is 18.2 Å². The third kappa shape index (κ3) is 6.70. The Labute approximate surface area is 261 Å². The van der Waals surface area contributed by atoms with Crippen LogP contribution in [0.5, 0.6) is 34.5 Å². The number of hydrogen-bond donors (Lipinski definition) is 2. The minimum absolute atomic E-state index is 0.0340. The number of nitrogens with zero attached hydrogens (tertiary/aromatic N) is 2. The number of benzene rings is 3. The van der Waals surface area contributed by atoms with E-state index in [4.69, 9.17) is 33.4 Å². The van der Waals surface area contributed by atoms with Gasteiger partial charge in [0.1, 0.15) is 11.5 Å². The number of anilines is 1. The van der Waals surface area contributed by atoms with E-state index in [1.165, 1.54) is 11.7 Å². The van der Waals surface area contributed by atoms with Crippen molar-refractivity contribution in [2.24, 2.45) is 0 Å². The van der Waals surface area contributed by atoms with Crippen LogP contribution in [0.2, 0.25) is 0 Å². The van der Waals surface area contributed by atoms with Crippen LogP contribution in [0.1, 0.15) is 18.4 Å². The number of aromatic nitrogens is 2. The highest BCUT2D eigenvalue weighted by atomic mass is 32.2. The number of amides is 2. The lowest BCUT2D eigenvalue weighted by Crippen LogP contribution is -2.26. The highest BCUT2D eigenvalue weighted by Crippen LogP contribution is 2.35. The third-order valence-corrected chi connectivity index (χ3v) is 8.12. The Hall–Kier alpha value is -5.11. The molecule has 0 saturated carbocycles. The van der Waals surface area contributed by atoms with Gasteiger partial charge in [0.05, 0.1) is 36.6 Å². The van der Waals surface area contributed by atoms with E-state index in [0.717, 1.165) is 17.3 Å². The number of methoxy groups -OCH3 is 2. The largest absolute Gasteiger partial charge is 0.497 e. The van der Waals surface area contributed by atoms with E-state index in [2.05, 4.69) is 10.6 Å². The van der Waals surface area contributed by atoms with Crippen molar-refractivity contribution in [1.29, 1.82) is 0 Å². The Morgan fingerprint density at radius 1 is 0.911 bits per heavy atom. The molecule has 3 heterocycles. The van der Waals surface area contributed by atoms with Crippen LogP contribution in [0, 0.1) is 0 Å². The molecule has 3 aromatic carbocycles. The monoisotopic (exact) mass is 634 g/mol. The van der Waals surface area contributed by atoms with E-state index in [0.29, 0.717) is 69.2 Å². The number of carbonyl (C=O) groups excluding carboxylic acids is 2. The first-order valence-corrected chi connectivity index (χ1v) is 15.0. The summed E-state index contributed by atoms with van der Waals surface area (Å²) in [7, 11) is 3.04. The maximum absolute atomic E-state index is 13.7. The molecule has 1 aromatic heterocycles. The zero-order valence-electron chi connectivity index (χ0n) is 24.5.